The van der Waals surface area contributed by atoms with Crippen LogP contribution in [0.1, 0.15) is 0 Å². The lowest BCUT2D eigenvalue weighted by Crippen LogP contribution is -3.34. The molecule has 110 valence electrons. The molecule has 2 aromatic carbocycles. The Hall–Kier alpha value is -1.58. The zero-order chi connectivity index (χ0) is 15.6. The molecule has 0 unspecified atom stereocenters. The van der Waals surface area contributed by atoms with Crippen molar-refractivity contribution in [3.05, 3.63) is 56.3 Å². The predicted molar refractivity (Wildman–Crippen MR) is 70.3 cm³/mol. The second-order valence-electron chi connectivity index (χ2n) is 4.08. The zero-order valence-electron chi connectivity index (χ0n) is 10.4. The lowest BCUT2D eigenvalue weighted by molar-refractivity contribution is -0.328. The summed E-state index contributed by atoms with van der Waals surface area (Å²) in [6.45, 7) is 0. The first-order valence-corrected chi connectivity index (χ1v) is 6.92. The molecule has 0 N–H and O–H groups in total. The molecule has 21 heavy (non-hydrogen) atoms. The fourth-order valence-corrected chi connectivity index (χ4v) is 2.31. The largest absolute Gasteiger partial charge is 0.673 e. The lowest BCUT2D eigenvalue weighted by atomic mass is 10.1. The van der Waals surface area contributed by atoms with E-state index in [1.54, 1.807) is 6.07 Å². The maximum Gasteiger partial charge on any atom is 0.673 e. The highest BCUT2D eigenvalue weighted by atomic mass is 127. The van der Waals surface area contributed by atoms with Crippen LogP contribution in [0.3, 0.4) is 0 Å². The van der Waals surface area contributed by atoms with Crippen LogP contribution in [0.2, 0.25) is 0 Å². The standard InChI is InChI=1S/C13H8IO2.BF4/c14-8-5-6-12-10(7-8)13(15)9-3-1-2-4-11(9)16-12;2-1(3,4)5/h1-7,14H;/q+1;-1. The van der Waals surface area contributed by atoms with Crippen molar-refractivity contribution in [2.24, 2.45) is 0 Å². The quantitative estimate of drug-likeness (QED) is 0.237. The van der Waals surface area contributed by atoms with Crippen LogP contribution in [0.5, 0.6) is 0 Å². The Morgan fingerprint density at radius 3 is 2.14 bits per heavy atom. The molecule has 0 bridgehead atoms. The minimum Gasteiger partial charge on any atom is -0.456 e. The zero-order valence-corrected chi connectivity index (χ0v) is 12.7. The van der Waals surface area contributed by atoms with Crippen molar-refractivity contribution in [1.82, 2.24) is 0 Å². The molecule has 0 spiro atoms. The third kappa shape index (κ3) is 4.19. The van der Waals surface area contributed by atoms with Crippen molar-refractivity contribution in [1.29, 1.82) is 0 Å². The van der Waals surface area contributed by atoms with Gasteiger partial charge in [-0.25, -0.2) is 0 Å². The summed E-state index contributed by atoms with van der Waals surface area (Å²) >= 11 is 1.89. The Bertz CT molecular complexity index is 839. The minimum absolute atomic E-state index is 0.0438. The third-order valence-corrected chi connectivity index (χ3v) is 3.27. The average Bonchev–Trinajstić information content (AvgIpc) is 2.38. The summed E-state index contributed by atoms with van der Waals surface area (Å²) in [5.41, 5.74) is 1.34. The third-order valence-electron chi connectivity index (χ3n) is 2.55. The molecule has 0 atom stereocenters. The van der Waals surface area contributed by atoms with Crippen LogP contribution in [0.15, 0.2) is 51.7 Å². The summed E-state index contributed by atoms with van der Waals surface area (Å²) in [6, 6.07) is 13.0. The van der Waals surface area contributed by atoms with Gasteiger partial charge < -0.3 is 21.7 Å². The van der Waals surface area contributed by atoms with Gasteiger partial charge in [0, 0.05) is 6.07 Å². The highest BCUT2D eigenvalue weighted by Crippen LogP contribution is 2.17. The SMILES string of the molecule is F[B-](F)(F)F.O=c1c2ccccc2oc2ccc([IH+])cc12. The van der Waals surface area contributed by atoms with Crippen LogP contribution in [-0.4, -0.2) is 7.25 Å². The highest BCUT2D eigenvalue weighted by molar-refractivity contribution is 6.50. The average molecular weight is 410 g/mol. The fourth-order valence-electron chi connectivity index (χ4n) is 1.78. The summed E-state index contributed by atoms with van der Waals surface area (Å²) in [6.07, 6.45) is 0. The molecule has 0 aliphatic rings. The maximum atomic E-state index is 12.2. The topological polar surface area (TPSA) is 30.2 Å². The van der Waals surface area contributed by atoms with E-state index in [0.717, 1.165) is 3.57 Å². The number of rotatable bonds is 0. The molecule has 8 heteroatoms. The molecule has 3 aromatic rings. The second kappa shape index (κ2) is 6.04. The van der Waals surface area contributed by atoms with Crippen LogP contribution in [0, 0.1) is 3.57 Å². The lowest BCUT2D eigenvalue weighted by Gasteiger charge is -1.99. The van der Waals surface area contributed by atoms with E-state index in [9.17, 15) is 22.1 Å². The van der Waals surface area contributed by atoms with Crippen LogP contribution < -0.4 is 28.0 Å². The summed E-state index contributed by atoms with van der Waals surface area (Å²) in [4.78, 5) is 12.2. The summed E-state index contributed by atoms with van der Waals surface area (Å²) in [7, 11) is -6.00. The Kier molecular flexibility index (Phi) is 4.55. The van der Waals surface area contributed by atoms with E-state index < -0.39 is 7.25 Å². The molecular weight excluding hydrogens is 402 g/mol. The van der Waals surface area contributed by atoms with Crippen molar-refractivity contribution in [3.63, 3.8) is 0 Å². The first-order valence-electron chi connectivity index (χ1n) is 5.75. The van der Waals surface area contributed by atoms with Gasteiger partial charge in [0.05, 0.1) is 10.8 Å². The van der Waals surface area contributed by atoms with E-state index in [4.69, 9.17) is 4.42 Å². The molecule has 0 aliphatic carbocycles. The van der Waals surface area contributed by atoms with Gasteiger partial charge in [-0.2, -0.15) is 0 Å². The van der Waals surface area contributed by atoms with Crippen molar-refractivity contribution in [3.8, 4) is 0 Å². The van der Waals surface area contributed by atoms with E-state index in [0.29, 0.717) is 21.9 Å². The Morgan fingerprint density at radius 1 is 0.905 bits per heavy atom. The molecule has 3 rings (SSSR count). The fraction of sp³-hybridized carbons (Fsp3) is 0. The molecule has 1 aromatic heterocycles. The van der Waals surface area contributed by atoms with Gasteiger partial charge in [0.2, 0.25) is 5.43 Å². The summed E-state index contributed by atoms with van der Waals surface area (Å²) in [5.74, 6) is 0. The number of benzene rings is 2. The molecule has 2 nitrogen and oxygen atoms in total. The second-order valence-corrected chi connectivity index (χ2v) is 5.43. The summed E-state index contributed by atoms with van der Waals surface area (Å²) in [5, 5.41) is 1.29. The van der Waals surface area contributed by atoms with E-state index in [1.165, 1.54) is 0 Å². The van der Waals surface area contributed by atoms with Crippen molar-refractivity contribution >= 4 is 29.2 Å². The van der Waals surface area contributed by atoms with Crippen LogP contribution in [0.4, 0.5) is 17.3 Å². The van der Waals surface area contributed by atoms with Crippen molar-refractivity contribution < 1.29 is 44.3 Å². The Balaban J connectivity index is 0.000000282. The van der Waals surface area contributed by atoms with Gasteiger partial charge in [-0.3, -0.25) is 4.79 Å². The van der Waals surface area contributed by atoms with Gasteiger partial charge >= 0.3 is 7.25 Å². The van der Waals surface area contributed by atoms with E-state index in [2.05, 4.69) is 0 Å². The number of hydrogen-bond acceptors (Lipinski definition) is 2. The van der Waals surface area contributed by atoms with Gasteiger partial charge in [0.25, 0.3) is 22.6 Å². The van der Waals surface area contributed by atoms with Gasteiger partial charge in [-0.1, -0.05) is 12.1 Å². The molecule has 0 saturated heterocycles. The van der Waals surface area contributed by atoms with Gasteiger partial charge in [-0.15, -0.1) is 0 Å². The van der Waals surface area contributed by atoms with Crippen LogP contribution in [0.25, 0.3) is 21.9 Å². The van der Waals surface area contributed by atoms with Gasteiger partial charge in [0.15, 0.2) is 3.57 Å². The van der Waals surface area contributed by atoms with Gasteiger partial charge in [0.1, 0.15) is 11.2 Å². The number of fused-ring (bicyclic) bond motifs is 2. The molecule has 0 amide bonds. The predicted octanol–water partition coefficient (Wildman–Crippen LogP) is 0.701. The van der Waals surface area contributed by atoms with Crippen LogP contribution in [-0.2, 0) is 0 Å². The van der Waals surface area contributed by atoms with Gasteiger partial charge in [-0.05, 0) is 24.3 Å². The molecule has 0 saturated carbocycles. The van der Waals surface area contributed by atoms with E-state index in [-0.39, 0.29) is 5.43 Å². The first kappa shape index (κ1) is 15.8. The Labute approximate surface area is 130 Å². The molecular formula is C13H8BF4IO2. The maximum absolute atomic E-state index is 12.2. The van der Waals surface area contributed by atoms with E-state index >= 15 is 0 Å². The van der Waals surface area contributed by atoms with Crippen molar-refractivity contribution in [2.75, 3.05) is 0 Å². The molecule has 1 heterocycles. The van der Waals surface area contributed by atoms with E-state index in [1.807, 2.05) is 59.0 Å². The number of para-hydroxylation sites is 1. The van der Waals surface area contributed by atoms with Crippen molar-refractivity contribution in [2.45, 2.75) is 0 Å². The highest BCUT2D eigenvalue weighted by Gasteiger charge is 2.20. The normalized spacial score (nSPS) is 11.3. The Morgan fingerprint density at radius 2 is 1.48 bits per heavy atom. The summed E-state index contributed by atoms with van der Waals surface area (Å²) < 4.78 is 45.8. The molecule has 0 radical (unpaired) electrons. The van der Waals surface area contributed by atoms with Crippen LogP contribution >= 0.6 is 0 Å². The smallest absolute Gasteiger partial charge is 0.456 e. The number of hydrogen-bond donors (Lipinski definition) is 0. The minimum atomic E-state index is -6.00. The first-order chi connectivity index (χ1) is 9.75. The molecule has 0 aliphatic heterocycles. The monoisotopic (exact) mass is 410 g/mol. The number of halogens is 5. The molecule has 0 fully saturated rings.